The molecule has 3 heterocycles. The van der Waals surface area contributed by atoms with Crippen LogP contribution in [0.15, 0.2) is 17.3 Å². The minimum absolute atomic E-state index is 0.0790. The summed E-state index contributed by atoms with van der Waals surface area (Å²) in [4.78, 5) is 33.7. The Morgan fingerprint density at radius 3 is 2.70 bits per heavy atom. The number of aromatic nitrogens is 2. The molecule has 0 aliphatic carbocycles. The largest absolute Gasteiger partial charge is 0.476 e. The summed E-state index contributed by atoms with van der Waals surface area (Å²) in [6.07, 6.45) is 1.71. The van der Waals surface area contributed by atoms with E-state index in [4.69, 9.17) is 5.11 Å². The lowest BCUT2D eigenvalue weighted by Gasteiger charge is -2.31. The van der Waals surface area contributed by atoms with Gasteiger partial charge in [0, 0.05) is 30.1 Å². The molecule has 4 unspecified atom stereocenters. The van der Waals surface area contributed by atoms with E-state index in [2.05, 4.69) is 15.7 Å². The van der Waals surface area contributed by atoms with Crippen LogP contribution in [-0.2, 0) is 9.59 Å². The monoisotopic (exact) mass is 318 g/mol. The van der Waals surface area contributed by atoms with Crippen molar-refractivity contribution >= 4 is 24.4 Å². The number of hydrogen-bond donors (Lipinski definition) is 3. The van der Waals surface area contributed by atoms with Gasteiger partial charge in [0.1, 0.15) is 18.4 Å². The highest BCUT2D eigenvalue weighted by Crippen LogP contribution is 2.39. The normalized spacial score (nSPS) is 25.1. The number of aromatic carboxylic acids is 1. The van der Waals surface area contributed by atoms with Crippen LogP contribution in [0.1, 0.15) is 30.4 Å². The van der Waals surface area contributed by atoms with E-state index >= 15 is 0 Å². The molecule has 3 rings (SSSR count). The Morgan fingerprint density at radius 2 is 2.09 bits per heavy atom. The molecular weight excluding hydrogens is 300 g/mol. The van der Waals surface area contributed by atoms with Crippen LogP contribution >= 0.6 is 0 Å². The molecule has 3 N–H and O–H groups in total. The van der Waals surface area contributed by atoms with Crippen LogP contribution in [0.3, 0.4) is 0 Å². The number of hydrogen-bond acceptors (Lipinski definition) is 6. The smallest absolute Gasteiger partial charge is 0.356 e. The first kappa shape index (κ1) is 15.4. The summed E-state index contributed by atoms with van der Waals surface area (Å²) in [5, 5.41) is 19.7. The molecule has 0 saturated heterocycles. The number of carbonyl (C=O) groups is 3. The third-order valence-corrected chi connectivity index (χ3v) is 4.46. The maximum atomic E-state index is 11.3. The molecule has 23 heavy (non-hydrogen) atoms. The first-order chi connectivity index (χ1) is 11.0. The third-order valence-electron chi connectivity index (χ3n) is 4.46. The Balaban J connectivity index is 2.08. The second-order valence-corrected chi connectivity index (χ2v) is 6.02. The summed E-state index contributed by atoms with van der Waals surface area (Å²) in [7, 11) is 0. The van der Waals surface area contributed by atoms with Crippen LogP contribution in [0.4, 0.5) is 5.82 Å². The number of carboxylic acid groups (broad SMARTS) is 1. The summed E-state index contributed by atoms with van der Waals surface area (Å²) < 4.78 is 1.55. The fourth-order valence-electron chi connectivity index (χ4n) is 3.27. The number of rotatable bonds is 5. The summed E-state index contributed by atoms with van der Waals surface area (Å²) in [5.41, 5.74) is 1.70. The third kappa shape index (κ3) is 2.35. The van der Waals surface area contributed by atoms with E-state index in [1.807, 2.05) is 6.92 Å². The van der Waals surface area contributed by atoms with Crippen molar-refractivity contribution in [2.24, 2.45) is 11.8 Å². The Hall–Kier alpha value is -2.48. The van der Waals surface area contributed by atoms with Gasteiger partial charge in [0.2, 0.25) is 0 Å². The van der Waals surface area contributed by atoms with Gasteiger partial charge in [-0.05, 0) is 5.57 Å². The van der Waals surface area contributed by atoms with Gasteiger partial charge in [-0.3, -0.25) is 0 Å². The Labute approximate surface area is 132 Å². The van der Waals surface area contributed by atoms with Crippen LogP contribution in [0.2, 0.25) is 0 Å². The molecule has 4 atom stereocenters. The fourth-order valence-corrected chi connectivity index (χ4v) is 3.27. The molecule has 8 heteroatoms. The van der Waals surface area contributed by atoms with Crippen LogP contribution in [0.25, 0.3) is 0 Å². The molecular formula is C15H18N4O4. The number of aldehydes is 2. The number of nitrogens with one attached hydrogen (secondary N) is 2. The molecule has 2 aliphatic heterocycles. The molecule has 0 amide bonds. The molecule has 122 valence electrons. The van der Waals surface area contributed by atoms with Crippen LogP contribution < -0.4 is 10.6 Å². The summed E-state index contributed by atoms with van der Waals surface area (Å²) in [6, 6.07) is 0.904. The van der Waals surface area contributed by atoms with E-state index < -0.39 is 5.97 Å². The molecule has 0 radical (unpaired) electrons. The van der Waals surface area contributed by atoms with Gasteiger partial charge in [-0.1, -0.05) is 13.8 Å². The number of carboxylic acids is 1. The quantitative estimate of drug-likeness (QED) is 0.675. The Bertz CT molecular complexity index is 708. The van der Waals surface area contributed by atoms with Gasteiger partial charge < -0.3 is 25.3 Å². The summed E-state index contributed by atoms with van der Waals surface area (Å²) >= 11 is 0. The molecule has 0 bridgehead atoms. The van der Waals surface area contributed by atoms with Gasteiger partial charge >= 0.3 is 5.97 Å². The van der Waals surface area contributed by atoms with Gasteiger partial charge in [0.15, 0.2) is 5.69 Å². The van der Waals surface area contributed by atoms with Crippen molar-refractivity contribution in [2.45, 2.75) is 25.9 Å². The lowest BCUT2D eigenvalue weighted by atomic mass is 9.91. The lowest BCUT2D eigenvalue weighted by molar-refractivity contribution is -0.112. The van der Waals surface area contributed by atoms with E-state index in [9.17, 15) is 14.4 Å². The number of anilines is 1. The van der Waals surface area contributed by atoms with E-state index in [1.54, 1.807) is 11.6 Å². The molecule has 0 fully saturated rings. The first-order valence-electron chi connectivity index (χ1n) is 7.44. The van der Waals surface area contributed by atoms with Gasteiger partial charge in [-0.15, -0.1) is 0 Å². The molecule has 1 aromatic rings. The van der Waals surface area contributed by atoms with E-state index in [0.29, 0.717) is 12.4 Å². The minimum atomic E-state index is -1.12. The predicted molar refractivity (Wildman–Crippen MR) is 81.1 cm³/mol. The van der Waals surface area contributed by atoms with Gasteiger partial charge in [-0.25, -0.2) is 9.48 Å². The predicted octanol–water partition coefficient (Wildman–Crippen LogP) is 0.444. The fraction of sp³-hybridized carbons (Fsp3) is 0.467. The highest BCUT2D eigenvalue weighted by Gasteiger charge is 2.40. The maximum absolute atomic E-state index is 11.3. The molecule has 0 saturated carbocycles. The highest BCUT2D eigenvalue weighted by molar-refractivity contribution is 5.86. The van der Waals surface area contributed by atoms with Crippen molar-refractivity contribution < 1.29 is 19.5 Å². The molecule has 1 aromatic heterocycles. The van der Waals surface area contributed by atoms with Crippen molar-refractivity contribution in [3.05, 3.63) is 23.0 Å². The Kier molecular flexibility index (Phi) is 3.77. The zero-order valence-electron chi connectivity index (χ0n) is 12.8. The SMILES string of the molecule is CC(C=O)C1NCC2=C1Nc1cc(C(=O)O)nn1C2C(C)C=O. The number of carbonyl (C=O) groups excluding carboxylic acids is 2. The number of nitrogens with zero attached hydrogens (tertiary/aromatic N) is 2. The molecule has 0 spiro atoms. The zero-order chi connectivity index (χ0) is 16.7. The van der Waals surface area contributed by atoms with Crippen molar-refractivity contribution in [1.82, 2.24) is 15.1 Å². The van der Waals surface area contributed by atoms with Crippen molar-refractivity contribution in [3.8, 4) is 0 Å². The average molecular weight is 318 g/mol. The van der Waals surface area contributed by atoms with Gasteiger partial charge in [0.05, 0.1) is 12.1 Å². The van der Waals surface area contributed by atoms with Crippen molar-refractivity contribution in [2.75, 3.05) is 11.9 Å². The Morgan fingerprint density at radius 1 is 1.39 bits per heavy atom. The average Bonchev–Trinajstić information content (AvgIpc) is 3.14. The first-order valence-corrected chi connectivity index (χ1v) is 7.44. The summed E-state index contributed by atoms with van der Waals surface area (Å²) in [5.74, 6) is -1.21. The van der Waals surface area contributed by atoms with E-state index in [0.717, 1.165) is 23.8 Å². The summed E-state index contributed by atoms with van der Waals surface area (Å²) in [6.45, 7) is 4.11. The second-order valence-electron chi connectivity index (χ2n) is 6.02. The van der Waals surface area contributed by atoms with Crippen LogP contribution in [0.5, 0.6) is 0 Å². The minimum Gasteiger partial charge on any atom is -0.476 e. The highest BCUT2D eigenvalue weighted by atomic mass is 16.4. The van der Waals surface area contributed by atoms with Crippen molar-refractivity contribution in [1.29, 1.82) is 0 Å². The topological polar surface area (TPSA) is 113 Å². The molecule has 8 nitrogen and oxygen atoms in total. The van der Waals surface area contributed by atoms with E-state index in [-0.39, 0.29) is 29.6 Å². The molecule has 0 aromatic carbocycles. The van der Waals surface area contributed by atoms with Crippen LogP contribution in [-0.4, -0.2) is 46.0 Å². The molecule has 2 aliphatic rings. The number of fused-ring (bicyclic) bond motifs is 1. The maximum Gasteiger partial charge on any atom is 0.356 e. The van der Waals surface area contributed by atoms with Crippen LogP contribution in [0, 0.1) is 11.8 Å². The lowest BCUT2D eigenvalue weighted by Crippen LogP contribution is -2.35. The standard InChI is InChI=1S/C15H18N4O4/c1-7(5-20)12-13-9(4-16-12)14(8(2)6-21)19-11(17-13)3-10(18-19)15(22)23/h3,5-8,12,14,16-17H,4H2,1-2H3,(H,22,23). The van der Waals surface area contributed by atoms with E-state index in [1.165, 1.54) is 6.07 Å². The van der Waals surface area contributed by atoms with Gasteiger partial charge in [-0.2, -0.15) is 5.10 Å². The second kappa shape index (κ2) is 5.62. The zero-order valence-corrected chi connectivity index (χ0v) is 12.8. The van der Waals surface area contributed by atoms with Gasteiger partial charge in [0.25, 0.3) is 0 Å². The van der Waals surface area contributed by atoms with Crippen molar-refractivity contribution in [3.63, 3.8) is 0 Å².